The molecule has 2 aliphatic heterocycles. The average Bonchev–Trinajstić information content (AvgIpc) is 2.95. The maximum atomic E-state index is 4.58. The molecule has 1 aromatic carbocycles. The number of hydrogen-bond donors (Lipinski definition) is 0. The fraction of sp³-hybridized carbons (Fsp3) is 0.471. The van der Waals surface area contributed by atoms with E-state index in [4.69, 9.17) is 0 Å². The molecule has 0 radical (unpaired) electrons. The van der Waals surface area contributed by atoms with Gasteiger partial charge in [0.2, 0.25) is 0 Å². The smallest absolute Gasteiger partial charge is 0.0746 e. The Balaban J connectivity index is 1.56. The molecule has 20 heavy (non-hydrogen) atoms. The molecule has 4 rings (SSSR count). The lowest BCUT2D eigenvalue weighted by Crippen LogP contribution is -2.49. The normalized spacial score (nSPS) is 24.1. The third-order valence-corrected chi connectivity index (χ3v) is 4.78. The quantitative estimate of drug-likeness (QED) is 0.833. The van der Waals surface area contributed by atoms with Gasteiger partial charge in [-0.25, -0.2) is 0 Å². The van der Waals surface area contributed by atoms with E-state index in [1.807, 2.05) is 12.3 Å². The summed E-state index contributed by atoms with van der Waals surface area (Å²) in [7, 11) is 0. The zero-order valence-electron chi connectivity index (χ0n) is 11.8. The monoisotopic (exact) mass is 267 g/mol. The first-order valence-corrected chi connectivity index (χ1v) is 7.69. The molecule has 2 aromatic rings. The molecular formula is C17H21N3. The van der Waals surface area contributed by atoms with Crippen LogP contribution >= 0.6 is 0 Å². The summed E-state index contributed by atoms with van der Waals surface area (Å²) in [6, 6.07) is 11.5. The van der Waals surface area contributed by atoms with Gasteiger partial charge in [0.15, 0.2) is 0 Å². The minimum Gasteiger partial charge on any atom is -0.298 e. The van der Waals surface area contributed by atoms with E-state index in [2.05, 4.69) is 39.0 Å². The summed E-state index contributed by atoms with van der Waals surface area (Å²) in [4.78, 5) is 9.85. The summed E-state index contributed by atoms with van der Waals surface area (Å²) < 4.78 is 0. The SMILES string of the molecule is c1cnc2c(CN3CCN4CCCC4C3)cccc2c1. The van der Waals surface area contributed by atoms with Crippen LogP contribution in [-0.2, 0) is 6.54 Å². The number of piperazine rings is 1. The molecule has 104 valence electrons. The van der Waals surface area contributed by atoms with Gasteiger partial charge in [-0.3, -0.25) is 14.8 Å². The fourth-order valence-electron chi connectivity index (χ4n) is 3.73. The van der Waals surface area contributed by atoms with E-state index in [1.54, 1.807) is 0 Å². The standard InChI is InChI=1S/C17H21N3/c1-4-14-6-2-8-18-17(14)15(5-1)12-19-10-11-20-9-3-7-16(20)13-19/h1-2,4-6,8,16H,3,7,9-13H2. The molecule has 2 aliphatic rings. The number of benzene rings is 1. The summed E-state index contributed by atoms with van der Waals surface area (Å²) in [6.45, 7) is 6.01. The fourth-order valence-corrected chi connectivity index (χ4v) is 3.73. The zero-order valence-corrected chi connectivity index (χ0v) is 11.8. The molecule has 1 aromatic heterocycles. The van der Waals surface area contributed by atoms with Gasteiger partial charge in [-0.15, -0.1) is 0 Å². The van der Waals surface area contributed by atoms with Gasteiger partial charge in [0.05, 0.1) is 5.52 Å². The topological polar surface area (TPSA) is 19.4 Å². The molecule has 1 atom stereocenters. The van der Waals surface area contributed by atoms with Crippen molar-refractivity contribution >= 4 is 10.9 Å². The van der Waals surface area contributed by atoms with Crippen LogP contribution in [0, 0.1) is 0 Å². The Morgan fingerprint density at radius 1 is 1.10 bits per heavy atom. The molecule has 0 spiro atoms. The maximum Gasteiger partial charge on any atom is 0.0746 e. The summed E-state index contributed by atoms with van der Waals surface area (Å²) in [5.41, 5.74) is 2.54. The highest BCUT2D eigenvalue weighted by Crippen LogP contribution is 2.24. The van der Waals surface area contributed by atoms with Crippen LogP contribution in [0.25, 0.3) is 10.9 Å². The van der Waals surface area contributed by atoms with E-state index in [1.165, 1.54) is 55.5 Å². The Morgan fingerprint density at radius 2 is 2.05 bits per heavy atom. The molecule has 3 heteroatoms. The maximum absolute atomic E-state index is 4.58. The first-order valence-electron chi connectivity index (χ1n) is 7.69. The molecule has 0 saturated carbocycles. The number of rotatable bonds is 2. The van der Waals surface area contributed by atoms with Crippen molar-refractivity contribution in [3.8, 4) is 0 Å². The van der Waals surface area contributed by atoms with Gasteiger partial charge in [-0.2, -0.15) is 0 Å². The third-order valence-electron chi connectivity index (χ3n) is 4.78. The number of fused-ring (bicyclic) bond motifs is 2. The van der Waals surface area contributed by atoms with Gasteiger partial charge in [-0.1, -0.05) is 24.3 Å². The zero-order chi connectivity index (χ0) is 13.4. The molecule has 0 amide bonds. The average molecular weight is 267 g/mol. The van der Waals surface area contributed by atoms with Gasteiger partial charge >= 0.3 is 0 Å². The highest BCUT2D eigenvalue weighted by Gasteiger charge is 2.30. The van der Waals surface area contributed by atoms with Crippen LogP contribution in [0.3, 0.4) is 0 Å². The molecule has 3 nitrogen and oxygen atoms in total. The second-order valence-corrected chi connectivity index (χ2v) is 6.06. The van der Waals surface area contributed by atoms with E-state index in [0.29, 0.717) is 0 Å². The van der Waals surface area contributed by atoms with Gasteiger partial charge in [0, 0.05) is 43.8 Å². The van der Waals surface area contributed by atoms with Crippen LogP contribution in [0.1, 0.15) is 18.4 Å². The summed E-state index contributed by atoms with van der Waals surface area (Å²) in [5, 5.41) is 1.25. The molecule has 0 bridgehead atoms. The number of aromatic nitrogens is 1. The lowest BCUT2D eigenvalue weighted by Gasteiger charge is -2.37. The van der Waals surface area contributed by atoms with E-state index >= 15 is 0 Å². The molecule has 2 saturated heterocycles. The second kappa shape index (κ2) is 5.15. The summed E-state index contributed by atoms with van der Waals surface area (Å²) >= 11 is 0. The van der Waals surface area contributed by atoms with E-state index < -0.39 is 0 Å². The van der Waals surface area contributed by atoms with Crippen LogP contribution in [0.15, 0.2) is 36.5 Å². The lowest BCUT2D eigenvalue weighted by molar-refractivity contribution is 0.0996. The van der Waals surface area contributed by atoms with Crippen molar-refractivity contribution < 1.29 is 0 Å². The Morgan fingerprint density at radius 3 is 3.05 bits per heavy atom. The number of hydrogen-bond acceptors (Lipinski definition) is 3. The Labute approximate surface area is 120 Å². The molecule has 0 aliphatic carbocycles. The van der Waals surface area contributed by atoms with Crippen LogP contribution in [0.4, 0.5) is 0 Å². The van der Waals surface area contributed by atoms with Crippen molar-refractivity contribution in [2.24, 2.45) is 0 Å². The highest BCUT2D eigenvalue weighted by atomic mass is 15.3. The van der Waals surface area contributed by atoms with Crippen molar-refractivity contribution in [3.63, 3.8) is 0 Å². The summed E-state index contributed by atoms with van der Waals surface area (Å²) in [6.07, 6.45) is 4.67. The molecule has 1 unspecified atom stereocenters. The molecule has 0 N–H and O–H groups in total. The Bertz CT molecular complexity index is 605. The van der Waals surface area contributed by atoms with E-state index in [9.17, 15) is 0 Å². The van der Waals surface area contributed by atoms with Crippen LogP contribution < -0.4 is 0 Å². The van der Waals surface area contributed by atoms with Crippen molar-refractivity contribution in [2.45, 2.75) is 25.4 Å². The van der Waals surface area contributed by atoms with E-state index in [0.717, 1.165) is 12.6 Å². The minimum absolute atomic E-state index is 0.798. The lowest BCUT2D eigenvalue weighted by atomic mass is 10.1. The Kier molecular flexibility index (Phi) is 3.17. The van der Waals surface area contributed by atoms with Gasteiger partial charge < -0.3 is 0 Å². The Hall–Kier alpha value is -1.45. The van der Waals surface area contributed by atoms with E-state index in [-0.39, 0.29) is 0 Å². The summed E-state index contributed by atoms with van der Waals surface area (Å²) in [5.74, 6) is 0. The van der Waals surface area contributed by atoms with Crippen molar-refractivity contribution in [3.05, 3.63) is 42.1 Å². The largest absolute Gasteiger partial charge is 0.298 e. The highest BCUT2D eigenvalue weighted by molar-refractivity contribution is 5.81. The minimum atomic E-state index is 0.798. The number of nitrogens with zero attached hydrogens (tertiary/aromatic N) is 3. The van der Waals surface area contributed by atoms with Crippen LogP contribution in [-0.4, -0.2) is 47.0 Å². The predicted octanol–water partition coefficient (Wildman–Crippen LogP) is 2.51. The first-order chi connectivity index (χ1) is 9.90. The molecular weight excluding hydrogens is 246 g/mol. The molecule has 3 heterocycles. The van der Waals surface area contributed by atoms with Gasteiger partial charge in [-0.05, 0) is 31.0 Å². The van der Waals surface area contributed by atoms with Crippen LogP contribution in [0.2, 0.25) is 0 Å². The van der Waals surface area contributed by atoms with Gasteiger partial charge in [0.25, 0.3) is 0 Å². The van der Waals surface area contributed by atoms with Crippen molar-refractivity contribution in [1.82, 2.24) is 14.8 Å². The predicted molar refractivity (Wildman–Crippen MR) is 81.6 cm³/mol. The number of para-hydroxylation sites is 1. The number of pyridine rings is 1. The third kappa shape index (κ3) is 2.21. The van der Waals surface area contributed by atoms with Crippen molar-refractivity contribution in [1.29, 1.82) is 0 Å². The van der Waals surface area contributed by atoms with Crippen molar-refractivity contribution in [2.75, 3.05) is 26.2 Å². The van der Waals surface area contributed by atoms with Gasteiger partial charge in [0.1, 0.15) is 0 Å². The molecule has 2 fully saturated rings. The first kappa shape index (κ1) is 12.3. The second-order valence-electron chi connectivity index (χ2n) is 6.06. The van der Waals surface area contributed by atoms with Crippen LogP contribution in [0.5, 0.6) is 0 Å².